The van der Waals surface area contributed by atoms with Crippen LogP contribution < -0.4 is 15.2 Å². The zero-order valence-corrected chi connectivity index (χ0v) is 19.3. The Morgan fingerprint density at radius 3 is 2.51 bits per heavy atom. The summed E-state index contributed by atoms with van der Waals surface area (Å²) in [5.41, 5.74) is 10.9. The minimum Gasteiger partial charge on any atom is -0.423 e. The topological polar surface area (TPSA) is 114 Å². The number of hydrogen-bond donors (Lipinski definition) is 2. The van der Waals surface area contributed by atoms with Gasteiger partial charge < -0.3 is 15.2 Å². The molecular formula is C27H19ClN4O3. The summed E-state index contributed by atoms with van der Waals surface area (Å²) in [6.07, 6.45) is 0. The van der Waals surface area contributed by atoms with E-state index in [0.29, 0.717) is 22.2 Å². The second kappa shape index (κ2) is 9.01. The average molecular weight is 483 g/mol. The molecule has 5 rings (SSSR count). The number of ether oxygens (including phenoxy) is 2. The van der Waals surface area contributed by atoms with Gasteiger partial charge in [0, 0.05) is 5.56 Å². The number of carbonyl (C=O) groups is 1. The van der Waals surface area contributed by atoms with Crippen LogP contribution in [0.5, 0.6) is 11.6 Å². The van der Waals surface area contributed by atoms with Crippen LogP contribution in [0, 0.1) is 18.3 Å². The third-order valence-electron chi connectivity index (χ3n) is 5.80. The van der Waals surface area contributed by atoms with Gasteiger partial charge in [-0.25, -0.2) is 4.79 Å². The number of nitrogens with one attached hydrogen (secondary N) is 1. The third-order valence-corrected chi connectivity index (χ3v) is 6.13. The molecule has 0 bridgehead atoms. The van der Waals surface area contributed by atoms with E-state index in [-0.39, 0.29) is 17.0 Å². The van der Waals surface area contributed by atoms with Gasteiger partial charge in [-0.05, 0) is 36.8 Å². The van der Waals surface area contributed by atoms with Crippen LogP contribution in [0.2, 0.25) is 5.02 Å². The Hall–Kier alpha value is -4.54. The number of carbonyl (C=O) groups excluding carboxylic acids is 1. The van der Waals surface area contributed by atoms with Crippen LogP contribution in [0.3, 0.4) is 0 Å². The smallest absolute Gasteiger partial charge is 0.345 e. The molecule has 0 saturated carbocycles. The van der Waals surface area contributed by atoms with Crippen LogP contribution in [-0.4, -0.2) is 16.2 Å². The summed E-state index contributed by atoms with van der Waals surface area (Å²) in [4.78, 5) is 12.5. The number of rotatable bonds is 4. The molecule has 1 aliphatic rings. The van der Waals surface area contributed by atoms with Crippen LogP contribution in [0.25, 0.3) is 11.3 Å². The average Bonchev–Trinajstić information content (AvgIpc) is 3.27. The Morgan fingerprint density at radius 1 is 1.11 bits per heavy atom. The molecule has 35 heavy (non-hydrogen) atoms. The van der Waals surface area contributed by atoms with Gasteiger partial charge in [-0.2, -0.15) is 5.26 Å². The number of aromatic amines is 1. The number of benzene rings is 3. The van der Waals surface area contributed by atoms with Crippen molar-refractivity contribution in [2.45, 2.75) is 12.8 Å². The number of aryl methyl sites for hydroxylation is 1. The molecule has 0 spiro atoms. The van der Waals surface area contributed by atoms with Gasteiger partial charge in [0.2, 0.25) is 11.8 Å². The first-order valence-corrected chi connectivity index (χ1v) is 11.1. The molecule has 4 aromatic rings. The maximum Gasteiger partial charge on any atom is 0.345 e. The fourth-order valence-corrected chi connectivity index (χ4v) is 4.25. The Balaban J connectivity index is 1.51. The second-order valence-corrected chi connectivity index (χ2v) is 8.45. The normalized spacial score (nSPS) is 14.6. The Labute approximate surface area is 206 Å². The summed E-state index contributed by atoms with van der Waals surface area (Å²) in [6.45, 7) is 2.01. The Bertz CT molecular complexity index is 1500. The van der Waals surface area contributed by atoms with Crippen LogP contribution in [0.15, 0.2) is 84.3 Å². The van der Waals surface area contributed by atoms with E-state index in [1.807, 2.05) is 31.2 Å². The van der Waals surface area contributed by atoms with Gasteiger partial charge in [0.05, 0.1) is 27.8 Å². The number of H-pyrrole nitrogens is 1. The number of nitrogens with zero attached hydrogens (tertiary/aromatic N) is 2. The van der Waals surface area contributed by atoms with Gasteiger partial charge in [-0.3, -0.25) is 5.10 Å². The molecule has 0 saturated heterocycles. The first kappa shape index (κ1) is 22.3. The molecule has 0 radical (unpaired) electrons. The van der Waals surface area contributed by atoms with Gasteiger partial charge in [0.25, 0.3) is 0 Å². The minimum absolute atomic E-state index is 0.00109. The summed E-state index contributed by atoms with van der Waals surface area (Å²) in [6, 6.07) is 23.7. The maximum absolute atomic E-state index is 12.5. The molecule has 3 N–H and O–H groups in total. The molecule has 1 atom stereocenters. The van der Waals surface area contributed by atoms with Gasteiger partial charge in [0.1, 0.15) is 17.4 Å². The number of fused-ring (bicyclic) bond motifs is 1. The highest BCUT2D eigenvalue weighted by Crippen LogP contribution is 2.45. The van der Waals surface area contributed by atoms with E-state index in [1.54, 1.807) is 48.5 Å². The predicted molar refractivity (Wildman–Crippen MR) is 131 cm³/mol. The molecule has 8 heteroatoms. The summed E-state index contributed by atoms with van der Waals surface area (Å²) in [5, 5.41) is 17.5. The van der Waals surface area contributed by atoms with E-state index in [0.717, 1.165) is 22.4 Å². The Morgan fingerprint density at radius 2 is 1.83 bits per heavy atom. The van der Waals surface area contributed by atoms with Gasteiger partial charge in [-0.1, -0.05) is 65.7 Å². The highest BCUT2D eigenvalue weighted by atomic mass is 35.5. The molecule has 0 amide bonds. The summed E-state index contributed by atoms with van der Waals surface area (Å²) in [5.74, 6) is -0.424. The van der Waals surface area contributed by atoms with E-state index >= 15 is 0 Å². The quantitative estimate of drug-likeness (QED) is 0.294. The summed E-state index contributed by atoms with van der Waals surface area (Å²) >= 11 is 6.10. The van der Waals surface area contributed by atoms with E-state index < -0.39 is 11.9 Å². The fraction of sp³-hybridized carbons (Fsp3) is 0.0741. The molecule has 7 nitrogen and oxygen atoms in total. The van der Waals surface area contributed by atoms with Crippen molar-refractivity contribution in [2.75, 3.05) is 0 Å². The Kier molecular flexibility index (Phi) is 5.73. The van der Waals surface area contributed by atoms with Gasteiger partial charge in [-0.15, -0.1) is 5.10 Å². The number of hydrogen-bond acceptors (Lipinski definition) is 6. The van der Waals surface area contributed by atoms with Gasteiger partial charge in [0.15, 0.2) is 0 Å². The van der Waals surface area contributed by atoms with Crippen LogP contribution >= 0.6 is 11.6 Å². The lowest BCUT2D eigenvalue weighted by atomic mass is 9.83. The lowest BCUT2D eigenvalue weighted by Crippen LogP contribution is -2.21. The molecular weight excluding hydrogens is 464 g/mol. The number of nitrogens with two attached hydrogens (primary N) is 1. The van der Waals surface area contributed by atoms with Crippen molar-refractivity contribution in [1.82, 2.24) is 10.2 Å². The lowest BCUT2D eigenvalue weighted by molar-refractivity contribution is 0.0735. The first-order valence-electron chi connectivity index (χ1n) is 10.8. The van der Waals surface area contributed by atoms with Gasteiger partial charge >= 0.3 is 5.97 Å². The fourth-order valence-electron chi connectivity index (χ4n) is 4.04. The number of halogens is 1. The largest absolute Gasteiger partial charge is 0.423 e. The molecule has 172 valence electrons. The van der Waals surface area contributed by atoms with Crippen molar-refractivity contribution < 1.29 is 14.3 Å². The third kappa shape index (κ3) is 4.12. The highest BCUT2D eigenvalue weighted by molar-refractivity contribution is 6.33. The minimum atomic E-state index is -0.560. The second-order valence-electron chi connectivity index (χ2n) is 8.05. The van der Waals surface area contributed by atoms with E-state index in [4.69, 9.17) is 26.8 Å². The number of allylic oxidation sites excluding steroid dienone is 1. The lowest BCUT2D eigenvalue weighted by Gasteiger charge is -2.24. The zero-order chi connectivity index (χ0) is 24.5. The predicted octanol–water partition coefficient (Wildman–Crippen LogP) is 5.48. The van der Waals surface area contributed by atoms with Crippen molar-refractivity contribution in [1.29, 1.82) is 5.26 Å². The van der Waals surface area contributed by atoms with Crippen molar-refractivity contribution in [3.63, 3.8) is 0 Å². The molecule has 0 fully saturated rings. The zero-order valence-electron chi connectivity index (χ0n) is 18.6. The van der Waals surface area contributed by atoms with Crippen LogP contribution in [-0.2, 0) is 0 Å². The number of nitriles is 1. The van der Waals surface area contributed by atoms with E-state index in [2.05, 4.69) is 16.3 Å². The highest BCUT2D eigenvalue weighted by Gasteiger charge is 2.35. The number of esters is 1. The van der Waals surface area contributed by atoms with E-state index in [1.165, 1.54) is 0 Å². The first-order chi connectivity index (χ1) is 17.0. The standard InChI is InChI=1S/C27H19ClN4O3/c1-15-6-8-17(9-7-15)24-23-22(20(14-29)25(30)35-26(23)32-31-24)16-10-12-18(13-11-16)34-27(33)19-4-2-3-5-21(19)28/h2-13,22H,30H2,1H3,(H,31,32)/t22-/m1/s1. The van der Waals surface area contributed by atoms with Crippen LogP contribution in [0.1, 0.15) is 33.0 Å². The molecule has 0 unspecified atom stereocenters. The molecule has 1 aromatic heterocycles. The molecule has 3 aromatic carbocycles. The van der Waals surface area contributed by atoms with Crippen molar-refractivity contribution >= 4 is 17.6 Å². The number of aromatic nitrogens is 2. The SMILES string of the molecule is Cc1ccc(-c2[nH]nc3c2[C@H](c2ccc(OC(=O)c4ccccc4Cl)cc2)C(C#N)=C(N)O3)cc1. The van der Waals surface area contributed by atoms with Crippen molar-refractivity contribution in [3.05, 3.63) is 112 Å². The summed E-state index contributed by atoms with van der Waals surface area (Å²) < 4.78 is 11.1. The van der Waals surface area contributed by atoms with E-state index in [9.17, 15) is 10.1 Å². The monoisotopic (exact) mass is 482 g/mol. The summed E-state index contributed by atoms with van der Waals surface area (Å²) in [7, 11) is 0. The van der Waals surface area contributed by atoms with Crippen LogP contribution in [0.4, 0.5) is 0 Å². The van der Waals surface area contributed by atoms with Crippen molar-refractivity contribution in [3.8, 4) is 29.0 Å². The molecule has 2 heterocycles. The molecule has 1 aliphatic heterocycles. The van der Waals surface area contributed by atoms with Crippen molar-refractivity contribution in [2.24, 2.45) is 5.73 Å². The maximum atomic E-state index is 12.5. The molecule has 0 aliphatic carbocycles.